The van der Waals surface area contributed by atoms with Crippen LogP contribution in [0.4, 0.5) is 10.5 Å². The van der Waals surface area contributed by atoms with Gasteiger partial charge in [0.15, 0.2) is 0 Å². The predicted molar refractivity (Wildman–Crippen MR) is 124 cm³/mol. The quantitative estimate of drug-likeness (QED) is 0.601. The number of aromatic nitrogens is 3. The van der Waals surface area contributed by atoms with Crippen molar-refractivity contribution in [2.75, 3.05) is 12.0 Å². The molecule has 1 fully saturated rings. The summed E-state index contributed by atoms with van der Waals surface area (Å²) in [5.74, 6) is 0.914. The molecule has 32 heavy (non-hydrogen) atoms. The Hall–Kier alpha value is -3.09. The Morgan fingerprint density at radius 2 is 1.94 bits per heavy atom. The van der Waals surface area contributed by atoms with Crippen LogP contribution in [0, 0.1) is 0 Å². The summed E-state index contributed by atoms with van der Waals surface area (Å²) in [5.41, 5.74) is 4.02. The molecule has 1 atom stereocenters. The van der Waals surface area contributed by atoms with Crippen LogP contribution in [0.2, 0.25) is 0 Å². The molecule has 0 unspecified atom stereocenters. The number of pyridine rings is 1. The van der Waals surface area contributed by atoms with Gasteiger partial charge in [-0.3, -0.25) is 9.69 Å². The van der Waals surface area contributed by atoms with Gasteiger partial charge in [-0.15, -0.1) is 0 Å². The van der Waals surface area contributed by atoms with Crippen LogP contribution in [0.1, 0.15) is 62.9 Å². The van der Waals surface area contributed by atoms with E-state index in [1.807, 2.05) is 18.3 Å². The highest BCUT2D eigenvalue weighted by molar-refractivity contribution is 5.95. The van der Waals surface area contributed by atoms with Crippen LogP contribution < -0.4 is 10.5 Å². The van der Waals surface area contributed by atoms with Crippen molar-refractivity contribution in [3.05, 3.63) is 58.3 Å². The van der Waals surface area contributed by atoms with E-state index in [9.17, 15) is 9.59 Å². The van der Waals surface area contributed by atoms with Crippen LogP contribution in [0.25, 0.3) is 11.0 Å². The molecule has 1 saturated carbocycles. The number of hydrogen-bond acceptors (Lipinski definition) is 4. The van der Waals surface area contributed by atoms with E-state index in [-0.39, 0.29) is 17.7 Å². The number of amides is 1. The fraction of sp³-hybridized carbons (Fsp3) is 0.480. The van der Waals surface area contributed by atoms with E-state index < -0.39 is 0 Å². The van der Waals surface area contributed by atoms with Crippen LogP contribution in [-0.2, 0) is 17.7 Å². The van der Waals surface area contributed by atoms with Crippen molar-refractivity contribution < 1.29 is 9.53 Å². The first-order valence-corrected chi connectivity index (χ1v) is 11.6. The molecule has 0 bridgehead atoms. The highest BCUT2D eigenvalue weighted by Gasteiger charge is 2.32. The number of carbonyl (C=O) groups is 1. The summed E-state index contributed by atoms with van der Waals surface area (Å²) in [6.07, 6.45) is 9.19. The maximum Gasteiger partial charge on any atom is 0.414 e. The number of benzene rings is 1. The Balaban J connectivity index is 1.68. The number of fused-ring (bicyclic) bond motifs is 3. The van der Waals surface area contributed by atoms with Crippen molar-refractivity contribution in [3.63, 3.8) is 0 Å². The summed E-state index contributed by atoms with van der Waals surface area (Å²) >= 11 is 0. The summed E-state index contributed by atoms with van der Waals surface area (Å²) < 4.78 is 9.16. The highest BCUT2D eigenvalue weighted by Crippen LogP contribution is 2.39. The summed E-state index contributed by atoms with van der Waals surface area (Å²) in [6.45, 7) is 2.49. The number of ether oxygens (including phenoxy) is 1. The van der Waals surface area contributed by atoms with E-state index in [1.165, 1.54) is 26.4 Å². The van der Waals surface area contributed by atoms with Crippen LogP contribution in [0.15, 0.2) is 41.3 Å². The molecular formula is C25H30N4O3. The van der Waals surface area contributed by atoms with Gasteiger partial charge < -0.3 is 13.9 Å². The van der Waals surface area contributed by atoms with Gasteiger partial charge in [0.05, 0.1) is 30.4 Å². The van der Waals surface area contributed by atoms with Gasteiger partial charge in [0, 0.05) is 29.9 Å². The molecule has 0 spiro atoms. The molecule has 2 aliphatic rings. The summed E-state index contributed by atoms with van der Waals surface area (Å²) in [6, 6.07) is 9.85. The Kier molecular flexibility index (Phi) is 5.49. The molecule has 1 aromatic carbocycles. The van der Waals surface area contributed by atoms with Gasteiger partial charge in [0.25, 0.3) is 5.56 Å². The zero-order valence-electron chi connectivity index (χ0n) is 18.8. The molecule has 0 N–H and O–H groups in total. The summed E-state index contributed by atoms with van der Waals surface area (Å²) in [5, 5.41) is 0. The number of hydrogen-bond donors (Lipinski definition) is 0. The molecule has 7 heteroatoms. The highest BCUT2D eigenvalue weighted by atomic mass is 16.5. The van der Waals surface area contributed by atoms with Gasteiger partial charge in [-0.2, -0.15) is 0 Å². The average molecular weight is 435 g/mol. The van der Waals surface area contributed by atoms with E-state index in [0.717, 1.165) is 53.8 Å². The minimum Gasteiger partial charge on any atom is -0.452 e. The largest absolute Gasteiger partial charge is 0.452 e. The second-order valence-corrected chi connectivity index (χ2v) is 9.02. The molecule has 7 nitrogen and oxygen atoms in total. The standard InChI is InChI=1S/C25H30N4O3/c1-17-11-12-19-20(28(17)25(31)32-2)13-14-21-24(19)26-22(16-27-15-7-6-10-23(27)30)29(21)18-8-4-3-5-9-18/h6-7,10,13-15,17-18H,3-5,8-9,11-12,16H2,1-2H3/t17-/m0/s1. The van der Waals surface area contributed by atoms with Crippen molar-refractivity contribution in [3.8, 4) is 0 Å². The number of aryl methyl sites for hydroxylation is 1. The first-order valence-electron chi connectivity index (χ1n) is 11.6. The molecule has 1 aliphatic carbocycles. The van der Waals surface area contributed by atoms with Crippen molar-refractivity contribution in [2.45, 2.75) is 70.5 Å². The molecule has 2 aromatic heterocycles. The van der Waals surface area contributed by atoms with E-state index in [2.05, 4.69) is 17.6 Å². The lowest BCUT2D eigenvalue weighted by molar-refractivity contribution is 0.175. The minimum atomic E-state index is -0.333. The molecular weight excluding hydrogens is 404 g/mol. The maximum atomic E-state index is 12.5. The molecule has 0 radical (unpaired) electrons. The first-order chi connectivity index (χ1) is 15.6. The Morgan fingerprint density at radius 1 is 1.12 bits per heavy atom. The Morgan fingerprint density at radius 3 is 2.69 bits per heavy atom. The van der Waals surface area contributed by atoms with Crippen LogP contribution in [-0.4, -0.2) is 33.4 Å². The van der Waals surface area contributed by atoms with Gasteiger partial charge >= 0.3 is 6.09 Å². The zero-order valence-corrected chi connectivity index (χ0v) is 18.8. The van der Waals surface area contributed by atoms with E-state index >= 15 is 0 Å². The van der Waals surface area contributed by atoms with Crippen molar-refractivity contribution in [1.29, 1.82) is 0 Å². The van der Waals surface area contributed by atoms with Crippen molar-refractivity contribution in [1.82, 2.24) is 14.1 Å². The third-order valence-electron chi connectivity index (χ3n) is 7.05. The third kappa shape index (κ3) is 3.49. The zero-order chi connectivity index (χ0) is 22.2. The number of rotatable bonds is 3. The minimum absolute atomic E-state index is 0.0255. The lowest BCUT2D eigenvalue weighted by atomic mass is 9.94. The van der Waals surface area contributed by atoms with Crippen molar-refractivity contribution >= 4 is 22.8 Å². The number of anilines is 1. The fourth-order valence-electron chi connectivity index (χ4n) is 5.42. The smallest absolute Gasteiger partial charge is 0.414 e. The molecule has 168 valence electrons. The van der Waals surface area contributed by atoms with E-state index in [0.29, 0.717) is 12.6 Å². The van der Waals surface area contributed by atoms with Crippen LogP contribution in [0.5, 0.6) is 0 Å². The molecule has 1 aliphatic heterocycles. The summed E-state index contributed by atoms with van der Waals surface area (Å²) in [7, 11) is 1.43. The SMILES string of the molecule is COC(=O)N1c2ccc3c(nc(Cn4ccccc4=O)n3C3CCCCC3)c2CC[C@@H]1C. The first kappa shape index (κ1) is 20.8. The number of carbonyl (C=O) groups excluding carboxylic acids is 1. The maximum absolute atomic E-state index is 12.5. The van der Waals surface area contributed by atoms with E-state index in [4.69, 9.17) is 9.72 Å². The fourth-order valence-corrected chi connectivity index (χ4v) is 5.42. The number of methoxy groups -OCH3 is 1. The lowest BCUT2D eigenvalue weighted by Crippen LogP contribution is -2.42. The predicted octanol–water partition coefficient (Wildman–Crippen LogP) is 4.66. The van der Waals surface area contributed by atoms with Gasteiger partial charge in [-0.05, 0) is 50.8 Å². The Labute approximate surface area is 187 Å². The second-order valence-electron chi connectivity index (χ2n) is 9.02. The van der Waals surface area contributed by atoms with Crippen molar-refractivity contribution in [2.24, 2.45) is 0 Å². The topological polar surface area (TPSA) is 69.4 Å². The molecule has 1 amide bonds. The molecule has 0 saturated heterocycles. The normalized spacial score (nSPS) is 19.2. The third-order valence-corrected chi connectivity index (χ3v) is 7.05. The molecule has 3 aromatic rings. The van der Waals surface area contributed by atoms with Crippen LogP contribution >= 0.6 is 0 Å². The Bertz CT molecular complexity index is 1210. The number of nitrogens with zero attached hydrogens (tertiary/aromatic N) is 4. The van der Waals surface area contributed by atoms with Crippen LogP contribution in [0.3, 0.4) is 0 Å². The van der Waals surface area contributed by atoms with E-state index in [1.54, 1.807) is 21.6 Å². The second kappa shape index (κ2) is 8.45. The average Bonchev–Trinajstić information content (AvgIpc) is 3.18. The van der Waals surface area contributed by atoms with Gasteiger partial charge in [0.1, 0.15) is 5.82 Å². The van der Waals surface area contributed by atoms with Gasteiger partial charge in [0.2, 0.25) is 0 Å². The summed E-state index contributed by atoms with van der Waals surface area (Å²) in [4.78, 5) is 31.8. The molecule has 3 heterocycles. The lowest BCUT2D eigenvalue weighted by Gasteiger charge is -2.34. The van der Waals surface area contributed by atoms with Gasteiger partial charge in [-0.25, -0.2) is 9.78 Å². The molecule has 5 rings (SSSR count). The monoisotopic (exact) mass is 434 g/mol. The number of imidazole rings is 1. The van der Waals surface area contributed by atoms with Gasteiger partial charge in [-0.1, -0.05) is 25.3 Å².